The molecule has 0 bridgehead atoms. The summed E-state index contributed by atoms with van der Waals surface area (Å²) in [5.74, 6) is 0.425. The predicted octanol–water partition coefficient (Wildman–Crippen LogP) is 6.64. The van der Waals surface area contributed by atoms with Gasteiger partial charge in [-0.05, 0) is 47.2 Å². The minimum absolute atomic E-state index is 0.0642. The van der Waals surface area contributed by atoms with Crippen LogP contribution in [0.5, 0.6) is 5.75 Å². The summed E-state index contributed by atoms with van der Waals surface area (Å²) < 4.78 is 1.83. The van der Waals surface area contributed by atoms with Crippen LogP contribution in [0.4, 0.5) is 11.4 Å². The summed E-state index contributed by atoms with van der Waals surface area (Å²) in [5.41, 5.74) is 3.13. The van der Waals surface area contributed by atoms with E-state index in [2.05, 4.69) is 15.3 Å². The van der Waals surface area contributed by atoms with Crippen molar-refractivity contribution in [3.8, 4) is 5.75 Å². The number of benzene rings is 4. The summed E-state index contributed by atoms with van der Waals surface area (Å²) in [7, 11) is 0. The number of amides is 1. The number of thiazole rings is 1. The average Bonchev–Trinajstić information content (AvgIpc) is 3.25. The lowest BCUT2D eigenvalue weighted by Crippen LogP contribution is -2.13. The first-order valence-electron chi connectivity index (χ1n) is 10.3. The smallest absolute Gasteiger partial charge is 0.234 e. The van der Waals surface area contributed by atoms with Gasteiger partial charge in [0.15, 0.2) is 4.34 Å². The summed E-state index contributed by atoms with van der Waals surface area (Å²) in [6.07, 6.45) is 1.70. The molecule has 1 amide bonds. The molecule has 0 radical (unpaired) electrons. The molecule has 0 spiro atoms. The van der Waals surface area contributed by atoms with Gasteiger partial charge in [-0.2, -0.15) is 0 Å². The van der Waals surface area contributed by atoms with Gasteiger partial charge in [0.05, 0.1) is 21.7 Å². The second kappa shape index (κ2) is 9.44. The number of nitrogens with zero attached hydrogens (tertiary/aromatic N) is 2. The molecular formula is C26H19N3O2S2. The zero-order valence-corrected chi connectivity index (χ0v) is 19.1. The van der Waals surface area contributed by atoms with Gasteiger partial charge in [0.25, 0.3) is 0 Å². The maximum Gasteiger partial charge on any atom is 0.234 e. The Hall–Kier alpha value is -3.68. The fraction of sp³-hybridized carbons (Fsp3) is 0.0385. The van der Waals surface area contributed by atoms with E-state index in [1.165, 1.54) is 23.1 Å². The number of nitrogens with one attached hydrogen (secondary N) is 1. The van der Waals surface area contributed by atoms with Crippen molar-refractivity contribution in [3.05, 3.63) is 90.5 Å². The number of carbonyl (C=O) groups excluding carboxylic acids is 1. The van der Waals surface area contributed by atoms with Crippen molar-refractivity contribution in [2.75, 3.05) is 11.1 Å². The monoisotopic (exact) mass is 469 g/mol. The Kier molecular flexibility index (Phi) is 6.06. The van der Waals surface area contributed by atoms with Crippen LogP contribution >= 0.6 is 23.1 Å². The fourth-order valence-corrected chi connectivity index (χ4v) is 5.34. The number of aromatic nitrogens is 1. The molecular weight excluding hydrogens is 450 g/mol. The summed E-state index contributed by atoms with van der Waals surface area (Å²) in [6.45, 7) is 0. The van der Waals surface area contributed by atoms with Gasteiger partial charge in [-0.1, -0.05) is 60.3 Å². The number of thioether (sulfide) groups is 1. The summed E-state index contributed by atoms with van der Waals surface area (Å²) in [6, 6.07) is 26.7. The van der Waals surface area contributed by atoms with Crippen molar-refractivity contribution < 1.29 is 9.90 Å². The van der Waals surface area contributed by atoms with Crippen molar-refractivity contribution in [1.29, 1.82) is 0 Å². The Morgan fingerprint density at radius 1 is 1.03 bits per heavy atom. The molecule has 0 unspecified atom stereocenters. The number of phenolic OH excluding ortho intramolecular Hbond substituents is 1. The van der Waals surface area contributed by atoms with Gasteiger partial charge >= 0.3 is 0 Å². The average molecular weight is 470 g/mol. The third kappa shape index (κ3) is 4.89. The maximum absolute atomic E-state index is 12.2. The number of anilines is 1. The van der Waals surface area contributed by atoms with E-state index in [-0.39, 0.29) is 11.7 Å². The largest absolute Gasteiger partial charge is 0.507 e. The normalized spacial score (nSPS) is 11.4. The molecule has 2 N–H and O–H groups in total. The molecule has 5 rings (SSSR count). The van der Waals surface area contributed by atoms with E-state index in [1.807, 2.05) is 78.9 Å². The van der Waals surface area contributed by atoms with Crippen LogP contribution in [0.25, 0.3) is 21.0 Å². The molecule has 0 aliphatic rings. The topological polar surface area (TPSA) is 74.6 Å². The van der Waals surface area contributed by atoms with E-state index in [4.69, 9.17) is 0 Å². The molecule has 162 valence electrons. The van der Waals surface area contributed by atoms with E-state index < -0.39 is 0 Å². The van der Waals surface area contributed by atoms with Crippen LogP contribution < -0.4 is 5.32 Å². The number of hydrogen-bond donors (Lipinski definition) is 2. The SMILES string of the molecule is O=C(CSc1nc2ccc(N=Cc3c(O)ccc4ccccc34)cc2s1)Nc1ccccc1. The van der Waals surface area contributed by atoms with E-state index in [1.54, 1.807) is 12.3 Å². The zero-order valence-electron chi connectivity index (χ0n) is 17.4. The number of hydrogen-bond acceptors (Lipinski definition) is 6. The molecule has 0 saturated heterocycles. The van der Waals surface area contributed by atoms with Gasteiger partial charge < -0.3 is 10.4 Å². The first kappa shape index (κ1) is 21.2. The molecule has 7 heteroatoms. The molecule has 0 aliphatic carbocycles. The Labute approximate surface area is 198 Å². The Morgan fingerprint density at radius 2 is 1.85 bits per heavy atom. The first-order valence-corrected chi connectivity index (χ1v) is 12.1. The van der Waals surface area contributed by atoms with Gasteiger partial charge in [0.1, 0.15) is 5.75 Å². The second-order valence-electron chi connectivity index (χ2n) is 7.31. The van der Waals surface area contributed by atoms with Crippen molar-refractivity contribution in [2.24, 2.45) is 4.99 Å². The standard InChI is InChI=1S/C26H19N3O2S2/c30-23-13-10-17-6-4-5-9-20(17)21(23)15-27-19-11-12-22-24(14-19)33-26(29-22)32-16-25(31)28-18-7-2-1-3-8-18/h1-15,30H,16H2,(H,28,31). The highest BCUT2D eigenvalue weighted by atomic mass is 32.2. The van der Waals surface area contributed by atoms with Crippen LogP contribution in [0.2, 0.25) is 0 Å². The summed E-state index contributed by atoms with van der Waals surface area (Å²) >= 11 is 2.95. The number of carbonyl (C=O) groups is 1. The molecule has 0 fully saturated rings. The molecule has 5 nitrogen and oxygen atoms in total. The number of rotatable bonds is 6. The highest BCUT2D eigenvalue weighted by molar-refractivity contribution is 8.01. The van der Waals surface area contributed by atoms with Gasteiger partial charge in [-0.25, -0.2) is 4.98 Å². The van der Waals surface area contributed by atoms with E-state index in [0.29, 0.717) is 11.3 Å². The third-order valence-corrected chi connectivity index (χ3v) is 7.19. The van der Waals surface area contributed by atoms with Gasteiger partial charge in [-0.3, -0.25) is 9.79 Å². The fourth-order valence-electron chi connectivity index (χ4n) is 3.44. The first-order chi connectivity index (χ1) is 16.2. The Bertz CT molecular complexity index is 1480. The Morgan fingerprint density at radius 3 is 2.73 bits per heavy atom. The van der Waals surface area contributed by atoms with Crippen LogP contribution in [0.3, 0.4) is 0 Å². The molecule has 0 atom stereocenters. The minimum Gasteiger partial charge on any atom is -0.507 e. The zero-order chi connectivity index (χ0) is 22.6. The van der Waals surface area contributed by atoms with Crippen molar-refractivity contribution in [1.82, 2.24) is 4.98 Å². The van der Waals surface area contributed by atoms with Crippen LogP contribution in [0.15, 0.2) is 94.3 Å². The minimum atomic E-state index is -0.0642. The summed E-state index contributed by atoms with van der Waals surface area (Å²) in [5, 5.41) is 15.2. The predicted molar refractivity (Wildman–Crippen MR) is 138 cm³/mol. The lowest BCUT2D eigenvalue weighted by molar-refractivity contribution is -0.113. The lowest BCUT2D eigenvalue weighted by Gasteiger charge is -2.04. The number of fused-ring (bicyclic) bond motifs is 2. The molecule has 4 aromatic carbocycles. The second-order valence-corrected chi connectivity index (χ2v) is 9.57. The highest BCUT2D eigenvalue weighted by Crippen LogP contribution is 2.32. The highest BCUT2D eigenvalue weighted by Gasteiger charge is 2.09. The number of aliphatic imine (C=N–C) groups is 1. The molecule has 5 aromatic rings. The molecule has 0 aliphatic heterocycles. The maximum atomic E-state index is 12.2. The number of aromatic hydroxyl groups is 1. The summed E-state index contributed by atoms with van der Waals surface area (Å²) in [4.78, 5) is 21.4. The van der Waals surface area contributed by atoms with Crippen LogP contribution in [-0.2, 0) is 4.79 Å². The molecule has 0 saturated carbocycles. The van der Waals surface area contributed by atoms with Crippen molar-refractivity contribution in [3.63, 3.8) is 0 Å². The molecule has 1 aromatic heterocycles. The third-order valence-electron chi connectivity index (χ3n) is 5.03. The van der Waals surface area contributed by atoms with Crippen LogP contribution in [0.1, 0.15) is 5.56 Å². The lowest BCUT2D eigenvalue weighted by atomic mass is 10.0. The molecule has 33 heavy (non-hydrogen) atoms. The van der Waals surface area contributed by atoms with Crippen molar-refractivity contribution in [2.45, 2.75) is 4.34 Å². The molecule has 1 heterocycles. The Balaban J connectivity index is 1.31. The van der Waals surface area contributed by atoms with Crippen molar-refractivity contribution >= 4 is 67.6 Å². The van der Waals surface area contributed by atoms with Gasteiger partial charge in [0.2, 0.25) is 5.91 Å². The van der Waals surface area contributed by atoms with Gasteiger partial charge in [0, 0.05) is 17.5 Å². The number of para-hydroxylation sites is 1. The van der Waals surface area contributed by atoms with Crippen LogP contribution in [-0.4, -0.2) is 28.0 Å². The van der Waals surface area contributed by atoms with E-state index in [0.717, 1.165) is 36.7 Å². The van der Waals surface area contributed by atoms with Crippen LogP contribution in [0, 0.1) is 0 Å². The quantitative estimate of drug-likeness (QED) is 0.216. The number of phenols is 1. The van der Waals surface area contributed by atoms with E-state index in [9.17, 15) is 9.90 Å². The van der Waals surface area contributed by atoms with E-state index >= 15 is 0 Å². The van der Waals surface area contributed by atoms with Gasteiger partial charge in [-0.15, -0.1) is 11.3 Å².